The van der Waals surface area contributed by atoms with Crippen LogP contribution in [0.15, 0.2) is 24.3 Å². The maximum absolute atomic E-state index is 11.6. The monoisotopic (exact) mass is 322 g/mol. The van der Waals surface area contributed by atoms with Crippen LogP contribution in [0.1, 0.15) is 53.9 Å². The average Bonchev–Trinajstić information content (AvgIpc) is 2.80. The molecule has 0 aromatic carbocycles. The predicted molar refractivity (Wildman–Crippen MR) is 90.8 cm³/mol. The number of fused-ring (bicyclic) bond motifs is 2. The first kappa shape index (κ1) is 19.5. The SMILES string of the molecule is C=C(C)C(=O)OC.C=C(C)C(=O)OC1C[C@H]2CC[C@]1(C)C2(C)C. The number of carbonyl (C=O) groups excluding carboxylic acids is 2. The minimum absolute atomic E-state index is 0.0884. The van der Waals surface area contributed by atoms with Gasteiger partial charge in [0.05, 0.1) is 7.11 Å². The van der Waals surface area contributed by atoms with E-state index >= 15 is 0 Å². The summed E-state index contributed by atoms with van der Waals surface area (Å²) >= 11 is 0. The Bertz CT molecular complexity index is 517. The van der Waals surface area contributed by atoms with Gasteiger partial charge < -0.3 is 9.47 Å². The molecular weight excluding hydrogens is 292 g/mol. The van der Waals surface area contributed by atoms with Crippen LogP contribution in [0.5, 0.6) is 0 Å². The van der Waals surface area contributed by atoms with Gasteiger partial charge in [0, 0.05) is 16.6 Å². The van der Waals surface area contributed by atoms with Crippen LogP contribution in [0.4, 0.5) is 0 Å². The van der Waals surface area contributed by atoms with Gasteiger partial charge in [0.1, 0.15) is 6.10 Å². The van der Waals surface area contributed by atoms with E-state index in [2.05, 4.69) is 38.7 Å². The lowest BCUT2D eigenvalue weighted by Gasteiger charge is -2.38. The molecule has 0 aromatic rings. The van der Waals surface area contributed by atoms with Crippen molar-refractivity contribution < 1.29 is 19.1 Å². The number of esters is 2. The van der Waals surface area contributed by atoms with Crippen LogP contribution >= 0.6 is 0 Å². The largest absolute Gasteiger partial charge is 0.466 e. The molecule has 0 saturated heterocycles. The first-order valence-electron chi connectivity index (χ1n) is 8.07. The van der Waals surface area contributed by atoms with E-state index in [9.17, 15) is 9.59 Å². The quantitative estimate of drug-likeness (QED) is 0.581. The van der Waals surface area contributed by atoms with Crippen molar-refractivity contribution >= 4 is 11.9 Å². The van der Waals surface area contributed by atoms with Gasteiger partial charge in [-0.25, -0.2) is 9.59 Å². The molecule has 0 aromatic heterocycles. The molecule has 0 radical (unpaired) electrons. The number of hydrogen-bond acceptors (Lipinski definition) is 4. The lowest BCUT2D eigenvalue weighted by Crippen LogP contribution is -2.38. The zero-order valence-electron chi connectivity index (χ0n) is 15.3. The summed E-state index contributed by atoms with van der Waals surface area (Å²) in [7, 11) is 1.33. The van der Waals surface area contributed by atoms with Crippen molar-refractivity contribution in [3.8, 4) is 0 Å². The fraction of sp³-hybridized carbons (Fsp3) is 0.684. The molecule has 0 amide bonds. The highest BCUT2D eigenvalue weighted by molar-refractivity contribution is 5.87. The first-order chi connectivity index (χ1) is 10.5. The summed E-state index contributed by atoms with van der Waals surface area (Å²) in [5.74, 6) is 0.134. The molecule has 0 spiro atoms. The van der Waals surface area contributed by atoms with Crippen molar-refractivity contribution in [3.63, 3.8) is 0 Å². The highest BCUT2D eigenvalue weighted by Gasteiger charge is 2.62. The summed E-state index contributed by atoms with van der Waals surface area (Å²) in [5.41, 5.74) is 1.39. The zero-order valence-corrected chi connectivity index (χ0v) is 15.3. The Morgan fingerprint density at radius 3 is 1.83 bits per heavy atom. The Morgan fingerprint density at radius 1 is 1.04 bits per heavy atom. The number of methoxy groups -OCH3 is 1. The van der Waals surface area contributed by atoms with E-state index in [4.69, 9.17) is 4.74 Å². The Balaban J connectivity index is 0.000000322. The number of carbonyl (C=O) groups is 2. The van der Waals surface area contributed by atoms with E-state index < -0.39 is 0 Å². The summed E-state index contributed by atoms with van der Waals surface area (Å²) in [6.45, 7) is 17.2. The molecular formula is C19H30O4. The van der Waals surface area contributed by atoms with Crippen molar-refractivity contribution in [2.45, 2.75) is 60.0 Å². The van der Waals surface area contributed by atoms with Crippen molar-refractivity contribution in [1.29, 1.82) is 0 Å². The molecule has 0 heterocycles. The predicted octanol–water partition coefficient (Wildman–Crippen LogP) is 4.06. The second-order valence-corrected chi connectivity index (χ2v) is 7.56. The fourth-order valence-electron chi connectivity index (χ4n) is 3.71. The summed E-state index contributed by atoms with van der Waals surface area (Å²) in [5, 5.41) is 0. The standard InChI is InChI=1S/C14H22O2.C5H8O2/c1-9(2)12(15)16-11-8-10-6-7-14(11,5)13(10,3)4;1-4(2)5(6)7-3/h10-11H,1,6-8H2,2-5H3;1H2,2-3H3/t10-,11?,14+;/m1./s1. The Hall–Kier alpha value is -1.58. The van der Waals surface area contributed by atoms with E-state index in [1.54, 1.807) is 13.8 Å². The van der Waals surface area contributed by atoms with E-state index in [0.29, 0.717) is 22.5 Å². The van der Waals surface area contributed by atoms with Gasteiger partial charge in [-0.1, -0.05) is 33.9 Å². The highest BCUT2D eigenvalue weighted by Crippen LogP contribution is 2.66. The summed E-state index contributed by atoms with van der Waals surface area (Å²) in [4.78, 5) is 21.8. The second-order valence-electron chi connectivity index (χ2n) is 7.56. The summed E-state index contributed by atoms with van der Waals surface area (Å²) < 4.78 is 9.88. The Morgan fingerprint density at radius 2 is 1.57 bits per heavy atom. The molecule has 0 aliphatic heterocycles. The Labute approximate surface area is 139 Å². The van der Waals surface area contributed by atoms with Crippen molar-refractivity contribution in [2.75, 3.05) is 7.11 Å². The summed E-state index contributed by atoms with van der Waals surface area (Å²) in [6.07, 6.45) is 3.58. The van der Waals surface area contributed by atoms with Gasteiger partial charge in [0.2, 0.25) is 0 Å². The fourth-order valence-corrected chi connectivity index (χ4v) is 3.71. The van der Waals surface area contributed by atoms with Gasteiger partial charge in [-0.3, -0.25) is 0 Å². The molecule has 2 aliphatic carbocycles. The third-order valence-corrected chi connectivity index (χ3v) is 5.85. The van der Waals surface area contributed by atoms with Crippen LogP contribution in [0.2, 0.25) is 0 Å². The molecule has 4 heteroatoms. The smallest absolute Gasteiger partial charge is 0.333 e. The number of ether oxygens (including phenoxy) is 2. The van der Waals surface area contributed by atoms with Gasteiger partial charge >= 0.3 is 11.9 Å². The van der Waals surface area contributed by atoms with Crippen LogP contribution in [-0.2, 0) is 19.1 Å². The topological polar surface area (TPSA) is 52.6 Å². The van der Waals surface area contributed by atoms with Gasteiger partial charge in [-0.15, -0.1) is 0 Å². The molecule has 1 unspecified atom stereocenters. The molecule has 23 heavy (non-hydrogen) atoms. The van der Waals surface area contributed by atoms with Gasteiger partial charge in [-0.2, -0.15) is 0 Å². The average molecular weight is 322 g/mol. The maximum atomic E-state index is 11.6. The van der Waals surface area contributed by atoms with Gasteiger partial charge in [0.15, 0.2) is 0 Å². The first-order valence-corrected chi connectivity index (χ1v) is 8.07. The normalized spacial score (nSPS) is 30.0. The van der Waals surface area contributed by atoms with Gasteiger partial charge in [0.25, 0.3) is 0 Å². The summed E-state index contributed by atoms with van der Waals surface area (Å²) in [6, 6.07) is 0. The molecule has 4 nitrogen and oxygen atoms in total. The lowest BCUT2D eigenvalue weighted by molar-refractivity contribution is -0.151. The number of hydrogen-bond donors (Lipinski definition) is 0. The molecule has 2 fully saturated rings. The second kappa shape index (κ2) is 6.90. The lowest BCUT2D eigenvalue weighted by atomic mass is 9.70. The third kappa shape index (κ3) is 3.67. The minimum atomic E-state index is -0.347. The van der Waals surface area contributed by atoms with Crippen LogP contribution in [0, 0.1) is 16.7 Å². The Kier molecular flexibility index (Phi) is 5.84. The minimum Gasteiger partial charge on any atom is -0.466 e. The molecule has 3 atom stereocenters. The molecule has 2 bridgehead atoms. The molecule has 2 saturated carbocycles. The van der Waals surface area contributed by atoms with Crippen molar-refractivity contribution in [3.05, 3.63) is 24.3 Å². The molecule has 2 rings (SSSR count). The molecule has 2 aliphatic rings. The van der Waals surface area contributed by atoms with Crippen LogP contribution in [0.3, 0.4) is 0 Å². The van der Waals surface area contributed by atoms with Gasteiger partial charge in [-0.05, 0) is 44.4 Å². The van der Waals surface area contributed by atoms with E-state index in [1.807, 2.05) is 0 Å². The van der Waals surface area contributed by atoms with Crippen LogP contribution < -0.4 is 0 Å². The van der Waals surface area contributed by atoms with Crippen molar-refractivity contribution in [2.24, 2.45) is 16.7 Å². The van der Waals surface area contributed by atoms with Crippen LogP contribution in [0.25, 0.3) is 0 Å². The van der Waals surface area contributed by atoms with E-state index in [1.165, 1.54) is 20.0 Å². The van der Waals surface area contributed by atoms with Crippen LogP contribution in [-0.4, -0.2) is 25.2 Å². The van der Waals surface area contributed by atoms with E-state index in [-0.39, 0.29) is 23.5 Å². The van der Waals surface area contributed by atoms with Crippen molar-refractivity contribution in [1.82, 2.24) is 0 Å². The molecule has 0 N–H and O–H groups in total. The third-order valence-electron chi connectivity index (χ3n) is 5.85. The molecule has 130 valence electrons. The highest BCUT2D eigenvalue weighted by atomic mass is 16.5. The maximum Gasteiger partial charge on any atom is 0.333 e. The zero-order chi connectivity index (χ0) is 18.0. The van der Waals surface area contributed by atoms with E-state index in [0.717, 1.165) is 6.42 Å². The number of rotatable bonds is 3.